The first-order valence-electron chi connectivity index (χ1n) is 6.83. The monoisotopic (exact) mass is 303 g/mol. The number of hydrogen-bond acceptors (Lipinski definition) is 2. The quantitative estimate of drug-likeness (QED) is 0.645. The maximum atomic E-state index is 14.0. The van der Waals surface area contributed by atoms with Crippen LogP contribution >= 0.6 is 0 Å². The molecule has 1 aliphatic carbocycles. The van der Waals surface area contributed by atoms with Gasteiger partial charge in [-0.2, -0.15) is 13.2 Å². The third-order valence-electron chi connectivity index (χ3n) is 3.86. The van der Waals surface area contributed by atoms with Crippen LogP contribution in [-0.4, -0.2) is 29.7 Å². The molecular weight excluding hydrogens is 286 g/mol. The zero-order valence-electron chi connectivity index (χ0n) is 11.6. The van der Waals surface area contributed by atoms with E-state index in [1.807, 2.05) is 0 Å². The molecule has 1 fully saturated rings. The van der Waals surface area contributed by atoms with Gasteiger partial charge in [-0.1, -0.05) is 18.6 Å². The maximum absolute atomic E-state index is 14.0. The zero-order chi connectivity index (χ0) is 15.6. The number of para-hydroxylation sites is 1. The van der Waals surface area contributed by atoms with Crippen LogP contribution in [-0.2, 0) is 0 Å². The first-order valence-corrected chi connectivity index (χ1v) is 6.83. The highest BCUT2D eigenvalue weighted by Crippen LogP contribution is 2.40. The second-order valence-corrected chi connectivity index (χ2v) is 5.38. The number of halogens is 4. The standard InChI is InChI=1S/C15H17F4NO/c1-9-4-2-5-10(14(9)21)8-20-12-7-3-6-11(13(12)16)15(17,18)19/h2,4-5,8,11-13,21H,3,6-7H2,1H3. The third kappa shape index (κ3) is 3.54. The summed E-state index contributed by atoms with van der Waals surface area (Å²) in [5, 5.41) is 9.81. The van der Waals surface area contributed by atoms with Crippen LogP contribution in [0.4, 0.5) is 17.6 Å². The minimum atomic E-state index is -4.53. The molecule has 116 valence electrons. The molecule has 3 unspecified atom stereocenters. The van der Waals surface area contributed by atoms with Gasteiger partial charge in [-0.25, -0.2) is 4.39 Å². The van der Waals surface area contributed by atoms with Crippen molar-refractivity contribution in [2.45, 2.75) is 44.6 Å². The first kappa shape index (κ1) is 15.8. The number of aromatic hydroxyl groups is 1. The number of phenols is 1. The lowest BCUT2D eigenvalue weighted by Crippen LogP contribution is -2.41. The Kier molecular flexibility index (Phi) is 4.54. The molecule has 1 aliphatic rings. The van der Waals surface area contributed by atoms with E-state index < -0.39 is 24.3 Å². The van der Waals surface area contributed by atoms with E-state index in [1.165, 1.54) is 6.21 Å². The molecule has 0 aliphatic heterocycles. The highest BCUT2D eigenvalue weighted by molar-refractivity contribution is 5.84. The van der Waals surface area contributed by atoms with Crippen LogP contribution in [0.5, 0.6) is 5.75 Å². The van der Waals surface area contributed by atoms with Gasteiger partial charge in [-0.05, 0) is 31.4 Å². The summed E-state index contributed by atoms with van der Waals surface area (Å²) < 4.78 is 52.1. The van der Waals surface area contributed by atoms with Gasteiger partial charge in [0.25, 0.3) is 0 Å². The van der Waals surface area contributed by atoms with Gasteiger partial charge in [0.05, 0.1) is 12.0 Å². The summed E-state index contributed by atoms with van der Waals surface area (Å²) in [5.74, 6) is -1.93. The minimum absolute atomic E-state index is 0.0137. The molecule has 1 aromatic carbocycles. The number of hydrogen-bond donors (Lipinski definition) is 1. The number of benzene rings is 1. The van der Waals surface area contributed by atoms with E-state index in [9.17, 15) is 22.7 Å². The summed E-state index contributed by atoms with van der Waals surface area (Å²) in [6, 6.07) is 3.97. The predicted octanol–water partition coefficient (Wildman–Crippen LogP) is 4.19. The van der Waals surface area contributed by atoms with E-state index >= 15 is 0 Å². The molecular formula is C15H17F4NO. The average Bonchev–Trinajstić information content (AvgIpc) is 2.40. The summed E-state index contributed by atoms with van der Waals surface area (Å²) in [4.78, 5) is 3.94. The molecule has 1 aromatic rings. The molecule has 6 heteroatoms. The molecule has 0 saturated heterocycles. The molecule has 0 heterocycles. The van der Waals surface area contributed by atoms with Crippen molar-refractivity contribution in [2.24, 2.45) is 10.9 Å². The van der Waals surface area contributed by atoms with Gasteiger partial charge in [0.1, 0.15) is 11.9 Å². The Morgan fingerprint density at radius 2 is 2.00 bits per heavy atom. The van der Waals surface area contributed by atoms with Crippen molar-refractivity contribution < 1.29 is 22.7 Å². The van der Waals surface area contributed by atoms with Crippen LogP contribution in [0.1, 0.15) is 30.4 Å². The molecule has 0 aromatic heterocycles. The lowest BCUT2D eigenvalue weighted by atomic mass is 9.83. The van der Waals surface area contributed by atoms with Crippen LogP contribution in [0.2, 0.25) is 0 Å². The molecule has 21 heavy (non-hydrogen) atoms. The first-order chi connectivity index (χ1) is 9.80. The summed E-state index contributed by atoms with van der Waals surface area (Å²) in [7, 11) is 0. The molecule has 2 rings (SSSR count). The Labute approximate surface area is 120 Å². The van der Waals surface area contributed by atoms with Crippen molar-refractivity contribution in [3.8, 4) is 5.75 Å². The average molecular weight is 303 g/mol. The van der Waals surface area contributed by atoms with Gasteiger partial charge < -0.3 is 5.11 Å². The van der Waals surface area contributed by atoms with E-state index in [0.717, 1.165) is 0 Å². The highest BCUT2D eigenvalue weighted by Gasteiger charge is 2.49. The second kappa shape index (κ2) is 6.03. The van der Waals surface area contributed by atoms with E-state index in [0.29, 0.717) is 17.5 Å². The molecule has 2 nitrogen and oxygen atoms in total. The van der Waals surface area contributed by atoms with Gasteiger partial charge in [-0.15, -0.1) is 0 Å². The Hall–Kier alpha value is -1.59. The van der Waals surface area contributed by atoms with Crippen LogP contribution in [0.3, 0.4) is 0 Å². The fraction of sp³-hybridized carbons (Fsp3) is 0.533. The Bertz CT molecular complexity index is 527. The number of rotatable bonds is 2. The van der Waals surface area contributed by atoms with E-state index in [4.69, 9.17) is 0 Å². The van der Waals surface area contributed by atoms with E-state index in [-0.39, 0.29) is 18.6 Å². The fourth-order valence-corrected chi connectivity index (χ4v) is 2.60. The van der Waals surface area contributed by atoms with Gasteiger partial charge in [0, 0.05) is 11.8 Å². The number of nitrogens with zero attached hydrogens (tertiary/aromatic N) is 1. The van der Waals surface area contributed by atoms with Crippen molar-refractivity contribution in [2.75, 3.05) is 0 Å². The zero-order valence-corrected chi connectivity index (χ0v) is 11.6. The van der Waals surface area contributed by atoms with Gasteiger partial charge in [0.15, 0.2) is 0 Å². The number of aliphatic imine (C=N–C) groups is 1. The van der Waals surface area contributed by atoms with Crippen LogP contribution < -0.4 is 0 Å². The van der Waals surface area contributed by atoms with Crippen molar-refractivity contribution >= 4 is 6.21 Å². The molecule has 3 atom stereocenters. The number of phenolic OH excluding ortho intramolecular Hbond substituents is 1. The minimum Gasteiger partial charge on any atom is -0.507 e. The Morgan fingerprint density at radius 3 is 2.67 bits per heavy atom. The summed E-state index contributed by atoms with van der Waals surface area (Å²) in [6.07, 6.45) is -4.89. The number of alkyl halides is 4. The normalized spacial score (nSPS) is 27.2. The van der Waals surface area contributed by atoms with Crippen molar-refractivity contribution in [1.29, 1.82) is 0 Å². The topological polar surface area (TPSA) is 32.6 Å². The van der Waals surface area contributed by atoms with Crippen LogP contribution in [0.15, 0.2) is 23.2 Å². The van der Waals surface area contributed by atoms with Crippen LogP contribution in [0, 0.1) is 12.8 Å². The SMILES string of the molecule is Cc1cccc(C=NC2CCCC(C(F)(F)F)C2F)c1O. The smallest absolute Gasteiger partial charge is 0.394 e. The molecule has 0 radical (unpaired) electrons. The maximum Gasteiger partial charge on any atom is 0.394 e. The lowest BCUT2D eigenvalue weighted by Gasteiger charge is -2.32. The largest absolute Gasteiger partial charge is 0.507 e. The Morgan fingerprint density at radius 1 is 1.29 bits per heavy atom. The van der Waals surface area contributed by atoms with E-state index in [2.05, 4.69) is 4.99 Å². The van der Waals surface area contributed by atoms with Crippen molar-refractivity contribution in [3.63, 3.8) is 0 Å². The fourth-order valence-electron chi connectivity index (χ4n) is 2.60. The molecule has 0 spiro atoms. The molecule has 1 saturated carbocycles. The van der Waals surface area contributed by atoms with Gasteiger partial charge >= 0.3 is 6.18 Å². The van der Waals surface area contributed by atoms with Gasteiger partial charge in [0.2, 0.25) is 0 Å². The lowest BCUT2D eigenvalue weighted by molar-refractivity contribution is -0.199. The summed E-state index contributed by atoms with van der Waals surface area (Å²) >= 11 is 0. The van der Waals surface area contributed by atoms with Gasteiger partial charge in [-0.3, -0.25) is 4.99 Å². The highest BCUT2D eigenvalue weighted by atomic mass is 19.4. The van der Waals surface area contributed by atoms with Crippen molar-refractivity contribution in [3.05, 3.63) is 29.3 Å². The van der Waals surface area contributed by atoms with Crippen LogP contribution in [0.25, 0.3) is 0 Å². The molecule has 0 bridgehead atoms. The number of aryl methyl sites for hydroxylation is 1. The van der Waals surface area contributed by atoms with E-state index in [1.54, 1.807) is 25.1 Å². The summed E-state index contributed by atoms with van der Waals surface area (Å²) in [6.45, 7) is 1.70. The summed E-state index contributed by atoms with van der Waals surface area (Å²) in [5.41, 5.74) is 1.02. The predicted molar refractivity (Wildman–Crippen MR) is 72.5 cm³/mol. The van der Waals surface area contributed by atoms with Crippen molar-refractivity contribution in [1.82, 2.24) is 0 Å². The Balaban J connectivity index is 2.15. The molecule has 1 N–H and O–H groups in total. The molecule has 0 amide bonds. The second-order valence-electron chi connectivity index (χ2n) is 5.38. The third-order valence-corrected chi connectivity index (χ3v) is 3.86.